The molecule has 160 valence electrons. The molecule has 0 atom stereocenters. The van der Waals surface area contributed by atoms with E-state index < -0.39 is 10.0 Å². The van der Waals surface area contributed by atoms with Gasteiger partial charge in [0, 0.05) is 55.7 Å². The number of carbonyl (C=O) groups is 1. The van der Waals surface area contributed by atoms with Gasteiger partial charge < -0.3 is 9.80 Å². The van der Waals surface area contributed by atoms with Crippen molar-refractivity contribution < 1.29 is 13.2 Å². The van der Waals surface area contributed by atoms with Crippen LogP contribution in [-0.4, -0.2) is 67.8 Å². The summed E-state index contributed by atoms with van der Waals surface area (Å²) in [6, 6.07) is 7.37. The van der Waals surface area contributed by atoms with Crippen molar-refractivity contribution >= 4 is 39.0 Å². The maximum absolute atomic E-state index is 12.9. The molecular formula is C21H26N4O3S2. The molecule has 2 fully saturated rings. The number of aromatic nitrogens is 1. The van der Waals surface area contributed by atoms with Gasteiger partial charge in [0.15, 0.2) is 0 Å². The lowest BCUT2D eigenvalue weighted by atomic mass is 9.95. The van der Waals surface area contributed by atoms with Crippen LogP contribution in [-0.2, 0) is 14.8 Å². The minimum Gasteiger partial charge on any atom is -0.371 e. The molecule has 0 aromatic carbocycles. The van der Waals surface area contributed by atoms with Gasteiger partial charge in [-0.05, 0) is 43.0 Å². The minimum absolute atomic E-state index is 0.0838. The topological polar surface area (TPSA) is 73.8 Å². The Kier molecular flexibility index (Phi) is 6.21. The maximum atomic E-state index is 12.9. The predicted molar refractivity (Wildman–Crippen MR) is 119 cm³/mol. The third-order valence-corrected chi connectivity index (χ3v) is 9.20. The summed E-state index contributed by atoms with van der Waals surface area (Å²) in [4.78, 5) is 21.7. The van der Waals surface area contributed by atoms with Crippen molar-refractivity contribution in [2.45, 2.75) is 17.1 Å². The Morgan fingerprint density at radius 2 is 1.83 bits per heavy atom. The molecule has 4 rings (SSSR count). The van der Waals surface area contributed by atoms with E-state index in [1.165, 1.54) is 21.3 Å². The van der Waals surface area contributed by atoms with Crippen LogP contribution in [0.1, 0.15) is 17.7 Å². The van der Waals surface area contributed by atoms with E-state index >= 15 is 0 Å². The highest BCUT2D eigenvalue weighted by molar-refractivity contribution is 7.91. The number of hydrogen-bond donors (Lipinski definition) is 0. The van der Waals surface area contributed by atoms with Crippen LogP contribution in [0.2, 0.25) is 0 Å². The van der Waals surface area contributed by atoms with Crippen molar-refractivity contribution in [3.05, 3.63) is 48.1 Å². The lowest BCUT2D eigenvalue weighted by Crippen LogP contribution is -2.53. The molecule has 2 aliphatic rings. The minimum atomic E-state index is -3.63. The number of rotatable bonds is 6. The number of pyridine rings is 1. The Labute approximate surface area is 181 Å². The van der Waals surface area contributed by atoms with Gasteiger partial charge in [0.1, 0.15) is 4.21 Å². The smallest absolute Gasteiger partial charge is 0.253 e. The molecule has 30 heavy (non-hydrogen) atoms. The second-order valence-corrected chi connectivity index (χ2v) is 11.0. The summed E-state index contributed by atoms with van der Waals surface area (Å²) in [5.41, 5.74) is 1.19. The Morgan fingerprint density at radius 3 is 2.47 bits per heavy atom. The van der Waals surface area contributed by atoms with E-state index in [0.29, 0.717) is 25.6 Å². The number of hydrogen-bond acceptors (Lipinski definition) is 6. The second-order valence-electron chi connectivity index (χ2n) is 7.68. The molecule has 4 heterocycles. The van der Waals surface area contributed by atoms with Crippen LogP contribution in [0.4, 0.5) is 5.69 Å². The molecule has 0 unspecified atom stereocenters. The zero-order valence-electron chi connectivity index (χ0n) is 16.8. The number of piperidine rings is 1. The van der Waals surface area contributed by atoms with Crippen LogP contribution in [0.3, 0.4) is 0 Å². The van der Waals surface area contributed by atoms with E-state index in [2.05, 4.69) is 16.5 Å². The van der Waals surface area contributed by atoms with Gasteiger partial charge in [0.2, 0.25) is 5.91 Å². The third kappa shape index (κ3) is 4.43. The number of anilines is 1. The molecule has 0 bridgehead atoms. The van der Waals surface area contributed by atoms with Gasteiger partial charge in [-0.15, -0.1) is 11.3 Å². The van der Waals surface area contributed by atoms with Gasteiger partial charge >= 0.3 is 0 Å². The van der Waals surface area contributed by atoms with Crippen molar-refractivity contribution in [3.63, 3.8) is 0 Å². The van der Waals surface area contributed by atoms with Gasteiger partial charge in [-0.25, -0.2) is 8.42 Å². The quantitative estimate of drug-likeness (QED) is 0.682. The lowest BCUT2D eigenvalue weighted by molar-refractivity contribution is -0.134. The van der Waals surface area contributed by atoms with E-state index in [4.69, 9.17) is 0 Å². The molecule has 9 heteroatoms. The summed E-state index contributed by atoms with van der Waals surface area (Å²) in [5.74, 6) is 0.338. The number of carbonyl (C=O) groups excluding carboxylic acids is 1. The number of amides is 1. The van der Waals surface area contributed by atoms with Crippen LogP contribution in [0.5, 0.6) is 0 Å². The van der Waals surface area contributed by atoms with E-state index in [0.717, 1.165) is 30.8 Å². The second kappa shape index (κ2) is 8.87. The lowest BCUT2D eigenvalue weighted by Gasteiger charge is -2.38. The van der Waals surface area contributed by atoms with Crippen LogP contribution < -0.4 is 4.90 Å². The molecule has 2 aromatic rings. The van der Waals surface area contributed by atoms with Crippen molar-refractivity contribution in [1.82, 2.24) is 14.2 Å². The molecule has 2 aromatic heterocycles. The first-order valence-corrected chi connectivity index (χ1v) is 12.4. The van der Waals surface area contributed by atoms with E-state index in [1.807, 2.05) is 29.4 Å². The highest BCUT2D eigenvalue weighted by Gasteiger charge is 2.34. The van der Waals surface area contributed by atoms with Crippen LogP contribution in [0.25, 0.3) is 6.08 Å². The molecule has 2 saturated heterocycles. The first-order valence-electron chi connectivity index (χ1n) is 10.1. The number of nitrogens with zero attached hydrogens (tertiary/aromatic N) is 4. The Balaban J connectivity index is 1.31. The number of thiophene rings is 1. The molecule has 0 radical (unpaired) electrons. The van der Waals surface area contributed by atoms with Crippen molar-refractivity contribution in [3.8, 4) is 0 Å². The van der Waals surface area contributed by atoms with E-state index in [1.54, 1.807) is 18.2 Å². The van der Waals surface area contributed by atoms with Crippen molar-refractivity contribution in [2.75, 3.05) is 44.2 Å². The zero-order valence-corrected chi connectivity index (χ0v) is 18.4. The van der Waals surface area contributed by atoms with Crippen LogP contribution >= 0.6 is 11.3 Å². The molecule has 0 N–H and O–H groups in total. The van der Waals surface area contributed by atoms with E-state index in [-0.39, 0.29) is 16.7 Å². The molecule has 0 saturated carbocycles. The molecule has 0 aliphatic carbocycles. The summed E-state index contributed by atoms with van der Waals surface area (Å²) < 4.78 is 27.3. The molecule has 2 aliphatic heterocycles. The summed E-state index contributed by atoms with van der Waals surface area (Å²) in [5, 5.41) is 0. The Hall–Kier alpha value is -2.23. The fourth-order valence-corrected chi connectivity index (χ4v) is 6.75. The highest BCUT2D eigenvalue weighted by atomic mass is 32.2. The molecular weight excluding hydrogens is 420 g/mol. The summed E-state index contributed by atoms with van der Waals surface area (Å²) in [7, 11) is -3.63. The first kappa shape index (κ1) is 21.0. The SMILES string of the molecule is C=Cc1ccc(S(=O)(=O)N2CCN(CC3CCN(c4ccncc4)CC3)C(=O)C2)s1. The van der Waals surface area contributed by atoms with Gasteiger partial charge in [0.25, 0.3) is 10.0 Å². The highest BCUT2D eigenvalue weighted by Crippen LogP contribution is 2.28. The zero-order chi connectivity index (χ0) is 21.1. The number of piperazine rings is 1. The normalized spacial score (nSPS) is 19.3. The molecule has 7 nitrogen and oxygen atoms in total. The van der Waals surface area contributed by atoms with Gasteiger partial charge in [-0.3, -0.25) is 9.78 Å². The van der Waals surface area contributed by atoms with Gasteiger partial charge in [-0.2, -0.15) is 4.31 Å². The monoisotopic (exact) mass is 446 g/mol. The average molecular weight is 447 g/mol. The molecule has 0 spiro atoms. The summed E-state index contributed by atoms with van der Waals surface area (Å²) in [6.45, 7) is 7.00. The maximum Gasteiger partial charge on any atom is 0.253 e. The van der Waals surface area contributed by atoms with Gasteiger partial charge in [0.05, 0.1) is 6.54 Å². The Bertz CT molecular complexity index is 998. The summed E-state index contributed by atoms with van der Waals surface area (Å²) >= 11 is 1.18. The fourth-order valence-electron chi connectivity index (χ4n) is 4.04. The van der Waals surface area contributed by atoms with Crippen LogP contribution in [0, 0.1) is 5.92 Å². The predicted octanol–water partition coefficient (Wildman–Crippen LogP) is 2.54. The van der Waals surface area contributed by atoms with Gasteiger partial charge in [-0.1, -0.05) is 12.7 Å². The van der Waals surface area contributed by atoms with Crippen molar-refractivity contribution in [2.24, 2.45) is 5.92 Å². The Morgan fingerprint density at radius 1 is 1.10 bits per heavy atom. The third-order valence-electron chi connectivity index (χ3n) is 5.80. The van der Waals surface area contributed by atoms with Crippen LogP contribution in [0.15, 0.2) is 47.4 Å². The largest absolute Gasteiger partial charge is 0.371 e. The fraction of sp³-hybridized carbons (Fsp3) is 0.429. The average Bonchev–Trinajstić information content (AvgIpc) is 3.26. The molecule has 1 amide bonds. The van der Waals surface area contributed by atoms with Crippen molar-refractivity contribution in [1.29, 1.82) is 0 Å². The summed E-state index contributed by atoms with van der Waals surface area (Å²) in [6.07, 6.45) is 7.29. The number of sulfonamides is 1. The standard InChI is InChI=1S/C21H26N4O3S2/c1-2-19-3-4-21(29-19)30(27,28)25-14-13-24(20(26)16-25)15-17-7-11-23(12-8-17)18-5-9-22-10-6-18/h2-6,9-10,17H,1,7-8,11-16H2. The first-order chi connectivity index (χ1) is 14.5. The van der Waals surface area contributed by atoms with E-state index in [9.17, 15) is 13.2 Å².